The molecule has 0 spiro atoms. The van der Waals surface area contributed by atoms with Gasteiger partial charge in [0.05, 0.1) is 19.8 Å². The van der Waals surface area contributed by atoms with Crippen LogP contribution in [0.4, 0.5) is 0 Å². The molecule has 1 saturated heterocycles. The van der Waals surface area contributed by atoms with Crippen LogP contribution in [0.25, 0.3) is 0 Å². The van der Waals surface area contributed by atoms with Gasteiger partial charge in [0.25, 0.3) is 0 Å². The van der Waals surface area contributed by atoms with Crippen molar-refractivity contribution in [2.24, 2.45) is 0 Å². The highest BCUT2D eigenvalue weighted by molar-refractivity contribution is 5.69. The molecule has 0 bridgehead atoms. The number of hydrogen-bond acceptors (Lipinski definition) is 9. The van der Waals surface area contributed by atoms with Gasteiger partial charge in [0.2, 0.25) is 0 Å². The van der Waals surface area contributed by atoms with Crippen molar-refractivity contribution in [1.82, 2.24) is 0 Å². The SMILES string of the molecule is CCCCC/C=C\CCCCCCCCOCC(COC1OC(CO)C(O)C(O)C1O)OC(=O)CCCCCCCCCCCCCC. The van der Waals surface area contributed by atoms with Crippen molar-refractivity contribution in [2.45, 2.75) is 205 Å². The zero-order valence-electron chi connectivity index (χ0n) is 30.7. The third kappa shape index (κ3) is 23.4. The largest absolute Gasteiger partial charge is 0.457 e. The number of ether oxygens (including phenoxy) is 4. The Labute approximate surface area is 293 Å². The molecule has 0 aromatic carbocycles. The number of carbonyl (C=O) groups excluding carboxylic acids is 1. The number of aliphatic hydroxyl groups is 4. The fraction of sp³-hybridized carbons (Fsp3) is 0.923. The van der Waals surface area contributed by atoms with Crippen LogP contribution in [0.2, 0.25) is 0 Å². The average molecular weight is 687 g/mol. The van der Waals surface area contributed by atoms with Crippen molar-refractivity contribution in [3.05, 3.63) is 12.2 Å². The molecule has 0 aromatic rings. The van der Waals surface area contributed by atoms with Crippen molar-refractivity contribution < 1.29 is 44.2 Å². The molecule has 0 radical (unpaired) electrons. The quantitative estimate of drug-likeness (QED) is 0.0311. The highest BCUT2D eigenvalue weighted by Crippen LogP contribution is 2.22. The second-order valence-corrected chi connectivity index (χ2v) is 13.7. The van der Waals surface area contributed by atoms with E-state index in [1.54, 1.807) is 0 Å². The number of hydrogen-bond donors (Lipinski definition) is 4. The van der Waals surface area contributed by atoms with Gasteiger partial charge in [-0.3, -0.25) is 4.79 Å². The number of carbonyl (C=O) groups is 1. The smallest absolute Gasteiger partial charge is 0.306 e. The Morgan fingerprint density at radius 3 is 1.73 bits per heavy atom. The maximum atomic E-state index is 12.7. The molecule has 284 valence electrons. The highest BCUT2D eigenvalue weighted by Gasteiger charge is 2.44. The lowest BCUT2D eigenvalue weighted by atomic mass is 9.99. The molecule has 9 heteroatoms. The van der Waals surface area contributed by atoms with Crippen LogP contribution in [0.15, 0.2) is 12.2 Å². The van der Waals surface area contributed by atoms with Crippen LogP contribution in [0.3, 0.4) is 0 Å². The Hall–Kier alpha value is -1.07. The fourth-order valence-corrected chi connectivity index (χ4v) is 6.01. The van der Waals surface area contributed by atoms with Crippen LogP contribution in [0, 0.1) is 0 Å². The second kappa shape index (κ2) is 31.9. The van der Waals surface area contributed by atoms with Gasteiger partial charge >= 0.3 is 5.97 Å². The Balaban J connectivity index is 2.32. The third-order valence-electron chi connectivity index (χ3n) is 9.18. The Morgan fingerprint density at radius 2 is 1.15 bits per heavy atom. The lowest BCUT2D eigenvalue weighted by Crippen LogP contribution is -2.59. The summed E-state index contributed by atoms with van der Waals surface area (Å²) in [6, 6.07) is 0. The standard InChI is InChI=1S/C39H74O9/c1-3-5-7-9-11-13-15-17-19-21-23-25-27-29-45-31-33(32-46-39-38(44)37(43)36(42)34(30-40)48-39)47-35(41)28-26-24-22-20-18-16-14-12-10-8-6-4-2/h11,13,33-34,36-40,42-44H,3-10,12,14-32H2,1-2H3/b13-11-. The van der Waals surface area contributed by atoms with E-state index in [4.69, 9.17) is 18.9 Å². The van der Waals surface area contributed by atoms with Crippen molar-refractivity contribution in [2.75, 3.05) is 26.4 Å². The molecular formula is C39H74O9. The summed E-state index contributed by atoms with van der Waals surface area (Å²) < 4.78 is 22.7. The van der Waals surface area contributed by atoms with Gasteiger partial charge in [-0.05, 0) is 38.5 Å². The number of allylic oxidation sites excluding steroid dienone is 2. The molecule has 1 fully saturated rings. The van der Waals surface area contributed by atoms with Crippen LogP contribution in [-0.4, -0.2) is 89.6 Å². The van der Waals surface area contributed by atoms with Gasteiger partial charge in [-0.25, -0.2) is 0 Å². The van der Waals surface area contributed by atoms with E-state index in [1.165, 1.54) is 116 Å². The summed E-state index contributed by atoms with van der Waals surface area (Å²) in [4.78, 5) is 12.7. The third-order valence-corrected chi connectivity index (χ3v) is 9.18. The highest BCUT2D eigenvalue weighted by atomic mass is 16.7. The maximum absolute atomic E-state index is 12.7. The minimum atomic E-state index is -1.53. The van der Waals surface area contributed by atoms with Gasteiger partial charge in [-0.2, -0.15) is 0 Å². The molecule has 6 atom stereocenters. The first kappa shape index (κ1) is 45.0. The molecule has 6 unspecified atom stereocenters. The normalized spacial score (nSPS) is 22.0. The maximum Gasteiger partial charge on any atom is 0.306 e. The van der Waals surface area contributed by atoms with Crippen molar-refractivity contribution >= 4 is 5.97 Å². The Kier molecular flexibility index (Phi) is 29.9. The zero-order chi connectivity index (χ0) is 35.1. The van der Waals surface area contributed by atoms with Crippen LogP contribution in [0.5, 0.6) is 0 Å². The molecular weight excluding hydrogens is 612 g/mol. The molecule has 4 N–H and O–H groups in total. The first-order chi connectivity index (χ1) is 23.4. The Bertz CT molecular complexity index is 747. The van der Waals surface area contributed by atoms with Crippen LogP contribution < -0.4 is 0 Å². The van der Waals surface area contributed by atoms with E-state index in [-0.39, 0.29) is 19.2 Å². The summed E-state index contributed by atoms with van der Waals surface area (Å²) in [5.74, 6) is -0.316. The van der Waals surface area contributed by atoms with Gasteiger partial charge in [0.1, 0.15) is 30.5 Å². The average Bonchev–Trinajstić information content (AvgIpc) is 3.08. The van der Waals surface area contributed by atoms with Crippen molar-refractivity contribution in [3.63, 3.8) is 0 Å². The molecule has 1 rings (SSSR count). The Morgan fingerprint density at radius 1 is 0.646 bits per heavy atom. The van der Waals surface area contributed by atoms with Gasteiger partial charge in [-0.1, -0.05) is 135 Å². The first-order valence-electron chi connectivity index (χ1n) is 19.8. The monoisotopic (exact) mass is 687 g/mol. The molecule has 1 aliphatic rings. The van der Waals surface area contributed by atoms with E-state index in [9.17, 15) is 25.2 Å². The minimum absolute atomic E-state index is 0.111. The molecule has 0 aliphatic carbocycles. The van der Waals surface area contributed by atoms with Crippen LogP contribution >= 0.6 is 0 Å². The zero-order valence-corrected chi connectivity index (χ0v) is 30.7. The van der Waals surface area contributed by atoms with E-state index in [0.717, 1.165) is 32.1 Å². The number of rotatable bonds is 33. The number of unbranched alkanes of at least 4 members (excludes halogenated alkanes) is 20. The van der Waals surface area contributed by atoms with E-state index in [1.807, 2.05) is 0 Å². The molecule has 1 heterocycles. The van der Waals surface area contributed by atoms with Crippen LogP contribution in [0.1, 0.15) is 168 Å². The molecule has 48 heavy (non-hydrogen) atoms. The predicted octanol–water partition coefficient (Wildman–Crippen LogP) is 7.69. The lowest BCUT2D eigenvalue weighted by Gasteiger charge is -2.39. The molecule has 0 saturated carbocycles. The molecule has 9 nitrogen and oxygen atoms in total. The van der Waals surface area contributed by atoms with Crippen LogP contribution in [-0.2, 0) is 23.7 Å². The topological polar surface area (TPSA) is 135 Å². The molecule has 0 aromatic heterocycles. The summed E-state index contributed by atoms with van der Waals surface area (Å²) in [6.45, 7) is 4.52. The van der Waals surface area contributed by atoms with Gasteiger partial charge in [0.15, 0.2) is 6.29 Å². The van der Waals surface area contributed by atoms with Gasteiger partial charge < -0.3 is 39.4 Å². The number of esters is 1. The predicted molar refractivity (Wildman–Crippen MR) is 192 cm³/mol. The minimum Gasteiger partial charge on any atom is -0.457 e. The second-order valence-electron chi connectivity index (χ2n) is 13.7. The number of aliphatic hydroxyl groups excluding tert-OH is 4. The van der Waals surface area contributed by atoms with E-state index < -0.39 is 43.4 Å². The summed E-state index contributed by atoms with van der Waals surface area (Å²) in [5, 5.41) is 39.9. The first-order valence-corrected chi connectivity index (χ1v) is 19.8. The van der Waals surface area contributed by atoms with Gasteiger partial charge in [-0.15, -0.1) is 0 Å². The summed E-state index contributed by atoms with van der Waals surface area (Å²) >= 11 is 0. The molecule has 0 amide bonds. The summed E-state index contributed by atoms with van der Waals surface area (Å²) in [7, 11) is 0. The van der Waals surface area contributed by atoms with Crippen molar-refractivity contribution in [1.29, 1.82) is 0 Å². The lowest BCUT2D eigenvalue weighted by molar-refractivity contribution is -0.305. The fourth-order valence-electron chi connectivity index (χ4n) is 6.01. The van der Waals surface area contributed by atoms with E-state index in [2.05, 4.69) is 26.0 Å². The molecule has 1 aliphatic heterocycles. The summed E-state index contributed by atoms with van der Waals surface area (Å²) in [5.41, 5.74) is 0. The van der Waals surface area contributed by atoms with E-state index in [0.29, 0.717) is 13.0 Å². The van der Waals surface area contributed by atoms with E-state index >= 15 is 0 Å². The van der Waals surface area contributed by atoms with Crippen molar-refractivity contribution in [3.8, 4) is 0 Å². The van der Waals surface area contributed by atoms with Gasteiger partial charge in [0, 0.05) is 13.0 Å². The summed E-state index contributed by atoms with van der Waals surface area (Å²) in [6.07, 6.45) is 25.2.